The molecule has 1 aliphatic rings. The van der Waals surface area contributed by atoms with E-state index in [0.29, 0.717) is 23.5 Å². The molecule has 1 atom stereocenters. The molecule has 5 nitrogen and oxygen atoms in total. The van der Waals surface area contributed by atoms with Gasteiger partial charge in [0.15, 0.2) is 0 Å². The average molecular weight is 315 g/mol. The van der Waals surface area contributed by atoms with Crippen molar-refractivity contribution in [1.29, 1.82) is 0 Å². The zero-order chi connectivity index (χ0) is 16.1. The van der Waals surface area contributed by atoms with Crippen LogP contribution in [0.1, 0.15) is 23.2 Å². The monoisotopic (exact) mass is 315 g/mol. The van der Waals surface area contributed by atoms with E-state index in [9.17, 15) is 9.18 Å². The summed E-state index contributed by atoms with van der Waals surface area (Å²) in [5.74, 6) is -0.578. The highest BCUT2D eigenvalue weighted by atomic mass is 19.1. The number of aromatic nitrogens is 1. The first-order valence-electron chi connectivity index (χ1n) is 7.59. The van der Waals surface area contributed by atoms with Crippen molar-refractivity contribution in [2.24, 2.45) is 0 Å². The van der Waals surface area contributed by atoms with Crippen molar-refractivity contribution in [3.63, 3.8) is 0 Å². The molecule has 0 aliphatic carbocycles. The van der Waals surface area contributed by atoms with Gasteiger partial charge in [-0.3, -0.25) is 9.78 Å². The van der Waals surface area contributed by atoms with Gasteiger partial charge in [0, 0.05) is 19.3 Å². The number of halogens is 1. The van der Waals surface area contributed by atoms with Crippen LogP contribution in [0.15, 0.2) is 42.7 Å². The van der Waals surface area contributed by atoms with Gasteiger partial charge in [-0.15, -0.1) is 0 Å². The second kappa shape index (κ2) is 7.19. The lowest BCUT2D eigenvalue weighted by molar-refractivity contribution is 0.0857. The molecule has 1 unspecified atom stereocenters. The van der Waals surface area contributed by atoms with Gasteiger partial charge in [-0.1, -0.05) is 12.1 Å². The number of carbonyl (C=O) groups is 1. The number of anilines is 2. The highest BCUT2D eigenvalue weighted by molar-refractivity contribution is 5.94. The van der Waals surface area contributed by atoms with Crippen molar-refractivity contribution in [3.05, 3.63) is 54.1 Å². The second-order valence-electron chi connectivity index (χ2n) is 5.41. The molecule has 1 aliphatic heterocycles. The number of hydrogen-bond acceptors (Lipinski definition) is 4. The molecule has 0 saturated carbocycles. The number of pyridine rings is 1. The van der Waals surface area contributed by atoms with Crippen molar-refractivity contribution in [2.75, 3.05) is 18.5 Å². The van der Waals surface area contributed by atoms with Crippen LogP contribution in [0.4, 0.5) is 15.8 Å². The molecule has 1 aromatic carbocycles. The second-order valence-corrected chi connectivity index (χ2v) is 5.41. The molecular formula is C17H18FN3O2. The third-order valence-electron chi connectivity index (χ3n) is 3.67. The molecule has 23 heavy (non-hydrogen) atoms. The number of hydrogen-bond donors (Lipinski definition) is 2. The lowest BCUT2D eigenvalue weighted by atomic mass is 10.2. The SMILES string of the molecule is O=C(NCC1CCCO1)c1cncc(Nc2ccccc2F)c1. The fourth-order valence-electron chi connectivity index (χ4n) is 2.46. The molecule has 2 heterocycles. The summed E-state index contributed by atoms with van der Waals surface area (Å²) >= 11 is 0. The quantitative estimate of drug-likeness (QED) is 0.890. The predicted octanol–water partition coefficient (Wildman–Crippen LogP) is 2.87. The van der Waals surface area contributed by atoms with Crippen LogP contribution in [-0.4, -0.2) is 30.1 Å². The number of rotatable bonds is 5. The van der Waals surface area contributed by atoms with Crippen molar-refractivity contribution < 1.29 is 13.9 Å². The molecule has 1 amide bonds. The van der Waals surface area contributed by atoms with Crippen LogP contribution in [0.2, 0.25) is 0 Å². The largest absolute Gasteiger partial charge is 0.376 e. The Bertz CT molecular complexity index is 687. The zero-order valence-electron chi connectivity index (χ0n) is 12.6. The van der Waals surface area contributed by atoms with Gasteiger partial charge in [0.1, 0.15) is 5.82 Å². The summed E-state index contributed by atoms with van der Waals surface area (Å²) in [5.41, 5.74) is 1.32. The lowest BCUT2D eigenvalue weighted by Crippen LogP contribution is -2.31. The zero-order valence-corrected chi connectivity index (χ0v) is 12.6. The van der Waals surface area contributed by atoms with E-state index in [1.165, 1.54) is 12.3 Å². The lowest BCUT2D eigenvalue weighted by Gasteiger charge is -2.12. The van der Waals surface area contributed by atoms with Gasteiger partial charge >= 0.3 is 0 Å². The third kappa shape index (κ3) is 4.04. The van der Waals surface area contributed by atoms with E-state index in [1.54, 1.807) is 30.5 Å². The molecule has 0 radical (unpaired) electrons. The maximum Gasteiger partial charge on any atom is 0.253 e. The molecule has 1 saturated heterocycles. The van der Waals surface area contributed by atoms with Gasteiger partial charge in [0.25, 0.3) is 5.91 Å². The summed E-state index contributed by atoms with van der Waals surface area (Å²) in [6.45, 7) is 1.24. The minimum atomic E-state index is -0.360. The molecule has 6 heteroatoms. The van der Waals surface area contributed by atoms with Crippen molar-refractivity contribution in [2.45, 2.75) is 18.9 Å². The maximum absolute atomic E-state index is 13.7. The minimum absolute atomic E-state index is 0.0895. The van der Waals surface area contributed by atoms with Crippen LogP contribution in [0.5, 0.6) is 0 Å². The first-order chi connectivity index (χ1) is 11.2. The highest BCUT2D eigenvalue weighted by Crippen LogP contribution is 2.19. The third-order valence-corrected chi connectivity index (χ3v) is 3.67. The Hall–Kier alpha value is -2.47. The minimum Gasteiger partial charge on any atom is -0.376 e. The Morgan fingerprint density at radius 1 is 1.35 bits per heavy atom. The number of amides is 1. The highest BCUT2D eigenvalue weighted by Gasteiger charge is 2.17. The first kappa shape index (κ1) is 15.4. The molecule has 120 valence electrons. The Morgan fingerprint density at radius 2 is 2.22 bits per heavy atom. The molecule has 2 aromatic rings. The van der Waals surface area contributed by atoms with E-state index in [-0.39, 0.29) is 17.8 Å². The summed E-state index contributed by atoms with van der Waals surface area (Å²) < 4.78 is 19.1. The number of para-hydroxylation sites is 1. The molecule has 0 spiro atoms. The van der Waals surface area contributed by atoms with E-state index in [0.717, 1.165) is 19.4 Å². The van der Waals surface area contributed by atoms with Gasteiger partial charge in [0.05, 0.1) is 29.2 Å². The van der Waals surface area contributed by atoms with E-state index in [4.69, 9.17) is 4.74 Å². The Labute approximate surface area is 133 Å². The van der Waals surface area contributed by atoms with E-state index in [1.807, 2.05) is 0 Å². The Kier molecular flexibility index (Phi) is 4.83. The van der Waals surface area contributed by atoms with Crippen LogP contribution in [0, 0.1) is 5.82 Å². The molecule has 0 bridgehead atoms. The van der Waals surface area contributed by atoms with Crippen LogP contribution in [-0.2, 0) is 4.74 Å². The van der Waals surface area contributed by atoms with Gasteiger partial charge in [-0.05, 0) is 31.0 Å². The van der Waals surface area contributed by atoms with E-state index < -0.39 is 0 Å². The first-order valence-corrected chi connectivity index (χ1v) is 7.59. The van der Waals surface area contributed by atoms with Crippen LogP contribution >= 0.6 is 0 Å². The van der Waals surface area contributed by atoms with Crippen molar-refractivity contribution >= 4 is 17.3 Å². The number of benzene rings is 1. The van der Waals surface area contributed by atoms with Crippen LogP contribution in [0.25, 0.3) is 0 Å². The van der Waals surface area contributed by atoms with Crippen molar-refractivity contribution in [1.82, 2.24) is 10.3 Å². The van der Waals surface area contributed by atoms with Gasteiger partial charge in [-0.25, -0.2) is 4.39 Å². The number of nitrogens with zero attached hydrogens (tertiary/aromatic N) is 1. The van der Waals surface area contributed by atoms with Crippen LogP contribution in [0.3, 0.4) is 0 Å². The van der Waals surface area contributed by atoms with Crippen LogP contribution < -0.4 is 10.6 Å². The Morgan fingerprint density at radius 3 is 3.00 bits per heavy atom. The molecule has 3 rings (SSSR count). The maximum atomic E-state index is 13.7. The van der Waals surface area contributed by atoms with Gasteiger partial charge < -0.3 is 15.4 Å². The van der Waals surface area contributed by atoms with E-state index in [2.05, 4.69) is 15.6 Å². The average Bonchev–Trinajstić information content (AvgIpc) is 3.08. The van der Waals surface area contributed by atoms with Crippen molar-refractivity contribution in [3.8, 4) is 0 Å². The van der Waals surface area contributed by atoms with Gasteiger partial charge in [0.2, 0.25) is 0 Å². The fraction of sp³-hybridized carbons (Fsp3) is 0.294. The Balaban J connectivity index is 1.64. The summed E-state index contributed by atoms with van der Waals surface area (Å²) in [5, 5.41) is 5.76. The summed E-state index contributed by atoms with van der Waals surface area (Å²) in [6, 6.07) is 7.99. The summed E-state index contributed by atoms with van der Waals surface area (Å²) in [7, 11) is 0. The number of ether oxygens (including phenoxy) is 1. The number of carbonyl (C=O) groups excluding carboxylic acids is 1. The molecule has 1 aromatic heterocycles. The van der Waals surface area contributed by atoms with Gasteiger partial charge in [-0.2, -0.15) is 0 Å². The standard InChI is InChI=1S/C17H18FN3O2/c18-15-5-1-2-6-16(15)21-13-8-12(9-19-10-13)17(22)20-11-14-4-3-7-23-14/h1-2,5-6,8-10,14,21H,3-4,7,11H2,(H,20,22). The summed E-state index contributed by atoms with van der Waals surface area (Å²) in [6.07, 6.45) is 5.12. The van der Waals surface area contributed by atoms with E-state index >= 15 is 0 Å². The normalized spacial score (nSPS) is 17.0. The topological polar surface area (TPSA) is 63.2 Å². The molecular weight excluding hydrogens is 297 g/mol. The molecule has 2 N–H and O–H groups in total. The summed E-state index contributed by atoms with van der Waals surface area (Å²) in [4.78, 5) is 16.2. The fourth-order valence-corrected chi connectivity index (χ4v) is 2.46. The smallest absolute Gasteiger partial charge is 0.253 e. The predicted molar refractivity (Wildman–Crippen MR) is 85.2 cm³/mol. The molecule has 1 fully saturated rings. The number of nitrogens with one attached hydrogen (secondary N) is 2.